The SMILES string of the molecule is Cl.Fc1ccc(C2NCCCC2F)cc1. The first kappa shape index (κ1) is 12.4. The highest BCUT2D eigenvalue weighted by atomic mass is 35.5. The first-order valence-corrected chi connectivity index (χ1v) is 4.90. The van der Waals surface area contributed by atoms with Crippen LogP contribution in [0.3, 0.4) is 0 Å². The molecule has 4 heteroatoms. The molecule has 2 atom stereocenters. The van der Waals surface area contributed by atoms with E-state index in [2.05, 4.69) is 5.32 Å². The van der Waals surface area contributed by atoms with Gasteiger partial charge in [-0.2, -0.15) is 0 Å². The molecule has 1 nitrogen and oxygen atoms in total. The Labute approximate surface area is 94.3 Å². The maximum atomic E-state index is 13.5. The summed E-state index contributed by atoms with van der Waals surface area (Å²) in [6.45, 7) is 0.836. The summed E-state index contributed by atoms with van der Waals surface area (Å²) in [4.78, 5) is 0. The van der Waals surface area contributed by atoms with Crippen LogP contribution in [0.25, 0.3) is 0 Å². The second-order valence-electron chi connectivity index (χ2n) is 3.64. The molecule has 0 aromatic heterocycles. The molecule has 1 N–H and O–H groups in total. The zero-order valence-corrected chi connectivity index (χ0v) is 9.07. The Balaban J connectivity index is 0.00000112. The molecular formula is C11H14ClF2N. The van der Waals surface area contributed by atoms with Crippen molar-refractivity contribution in [3.05, 3.63) is 35.6 Å². The molecular weight excluding hydrogens is 220 g/mol. The number of benzene rings is 1. The van der Waals surface area contributed by atoms with Crippen LogP contribution in [0.4, 0.5) is 8.78 Å². The van der Waals surface area contributed by atoms with Gasteiger partial charge >= 0.3 is 0 Å². The van der Waals surface area contributed by atoms with Gasteiger partial charge in [-0.15, -0.1) is 12.4 Å². The standard InChI is InChI=1S/C11H13F2N.ClH/c12-9-5-3-8(4-6-9)11-10(13)2-1-7-14-11;/h3-6,10-11,14H,1-2,7H2;1H. The normalized spacial score (nSPS) is 25.7. The molecule has 2 unspecified atom stereocenters. The van der Waals surface area contributed by atoms with E-state index in [1.54, 1.807) is 12.1 Å². The molecule has 0 amide bonds. The van der Waals surface area contributed by atoms with E-state index >= 15 is 0 Å². The summed E-state index contributed by atoms with van der Waals surface area (Å²) >= 11 is 0. The summed E-state index contributed by atoms with van der Waals surface area (Å²) in [6, 6.07) is 5.77. The Morgan fingerprint density at radius 1 is 1.20 bits per heavy atom. The first-order chi connectivity index (χ1) is 6.77. The van der Waals surface area contributed by atoms with Gasteiger partial charge in [-0.05, 0) is 37.1 Å². The third-order valence-corrected chi connectivity index (χ3v) is 2.61. The molecule has 1 aromatic rings. The molecule has 0 radical (unpaired) electrons. The topological polar surface area (TPSA) is 12.0 Å². The average molecular weight is 234 g/mol. The molecule has 1 fully saturated rings. The van der Waals surface area contributed by atoms with Crippen molar-refractivity contribution in [3.8, 4) is 0 Å². The van der Waals surface area contributed by atoms with Crippen LogP contribution >= 0.6 is 12.4 Å². The lowest BCUT2D eigenvalue weighted by atomic mass is 9.96. The van der Waals surface area contributed by atoms with Crippen molar-refractivity contribution in [1.29, 1.82) is 0 Å². The number of rotatable bonds is 1. The smallest absolute Gasteiger partial charge is 0.123 e. The zero-order valence-electron chi connectivity index (χ0n) is 8.25. The van der Waals surface area contributed by atoms with Gasteiger partial charge in [0.15, 0.2) is 0 Å². The van der Waals surface area contributed by atoms with Crippen LogP contribution in [0.1, 0.15) is 24.4 Å². The van der Waals surface area contributed by atoms with Crippen LogP contribution in [0, 0.1) is 5.82 Å². The Morgan fingerprint density at radius 2 is 1.87 bits per heavy atom. The predicted molar refractivity (Wildman–Crippen MR) is 58.5 cm³/mol. The van der Waals surface area contributed by atoms with Crippen LogP contribution in [0.5, 0.6) is 0 Å². The van der Waals surface area contributed by atoms with Gasteiger partial charge in [0.2, 0.25) is 0 Å². The predicted octanol–water partition coefficient (Wildman–Crippen LogP) is 3.01. The fourth-order valence-electron chi connectivity index (χ4n) is 1.85. The van der Waals surface area contributed by atoms with E-state index in [0.29, 0.717) is 6.42 Å². The lowest BCUT2D eigenvalue weighted by Crippen LogP contribution is -2.35. The van der Waals surface area contributed by atoms with Gasteiger partial charge < -0.3 is 5.32 Å². The van der Waals surface area contributed by atoms with E-state index < -0.39 is 6.17 Å². The van der Waals surface area contributed by atoms with Crippen molar-refractivity contribution >= 4 is 12.4 Å². The average Bonchev–Trinajstić information content (AvgIpc) is 2.20. The molecule has 1 aliphatic heterocycles. The number of nitrogens with one attached hydrogen (secondary N) is 1. The van der Waals surface area contributed by atoms with E-state index in [0.717, 1.165) is 18.5 Å². The van der Waals surface area contributed by atoms with E-state index in [4.69, 9.17) is 0 Å². The highest BCUT2D eigenvalue weighted by Gasteiger charge is 2.25. The van der Waals surface area contributed by atoms with E-state index in [1.807, 2.05) is 0 Å². The number of hydrogen-bond donors (Lipinski definition) is 1. The van der Waals surface area contributed by atoms with Gasteiger partial charge in [0.1, 0.15) is 12.0 Å². The molecule has 1 saturated heterocycles. The quantitative estimate of drug-likeness (QED) is 0.786. The summed E-state index contributed by atoms with van der Waals surface area (Å²) in [5.41, 5.74) is 0.832. The molecule has 0 bridgehead atoms. The van der Waals surface area contributed by atoms with Gasteiger partial charge in [-0.1, -0.05) is 12.1 Å². The highest BCUT2D eigenvalue weighted by Crippen LogP contribution is 2.25. The van der Waals surface area contributed by atoms with Crippen molar-refractivity contribution in [3.63, 3.8) is 0 Å². The maximum Gasteiger partial charge on any atom is 0.123 e. The monoisotopic (exact) mass is 233 g/mol. The van der Waals surface area contributed by atoms with Crippen LogP contribution in [-0.2, 0) is 0 Å². The fraction of sp³-hybridized carbons (Fsp3) is 0.455. The minimum Gasteiger partial charge on any atom is -0.308 e. The Hall–Kier alpha value is -0.670. The Bertz CT molecular complexity index is 302. The van der Waals surface area contributed by atoms with Gasteiger partial charge in [0.25, 0.3) is 0 Å². The summed E-state index contributed by atoms with van der Waals surface area (Å²) in [5, 5.41) is 3.11. The summed E-state index contributed by atoms with van der Waals surface area (Å²) < 4.78 is 26.1. The van der Waals surface area contributed by atoms with Gasteiger partial charge in [-0.3, -0.25) is 0 Å². The van der Waals surface area contributed by atoms with Gasteiger partial charge in [0.05, 0.1) is 6.04 Å². The molecule has 1 aliphatic rings. The molecule has 0 aliphatic carbocycles. The van der Waals surface area contributed by atoms with Crippen molar-refractivity contribution in [2.75, 3.05) is 6.54 Å². The molecule has 2 rings (SSSR count). The summed E-state index contributed by atoms with van der Waals surface area (Å²) in [7, 11) is 0. The lowest BCUT2D eigenvalue weighted by molar-refractivity contribution is 0.201. The third-order valence-electron chi connectivity index (χ3n) is 2.61. The van der Waals surface area contributed by atoms with Crippen LogP contribution in [0.2, 0.25) is 0 Å². The Kier molecular flexibility index (Phi) is 4.48. The molecule has 15 heavy (non-hydrogen) atoms. The Morgan fingerprint density at radius 3 is 2.47 bits per heavy atom. The summed E-state index contributed by atoms with van der Waals surface area (Å²) in [5.74, 6) is -0.278. The minimum absolute atomic E-state index is 0. The number of halogens is 3. The molecule has 84 valence electrons. The third kappa shape index (κ3) is 2.89. The van der Waals surface area contributed by atoms with Crippen molar-refractivity contribution in [1.82, 2.24) is 5.32 Å². The number of piperidine rings is 1. The van der Waals surface area contributed by atoms with Gasteiger partial charge in [0, 0.05) is 0 Å². The first-order valence-electron chi connectivity index (χ1n) is 4.90. The zero-order chi connectivity index (χ0) is 9.97. The lowest BCUT2D eigenvalue weighted by Gasteiger charge is -2.27. The fourth-order valence-corrected chi connectivity index (χ4v) is 1.85. The van der Waals surface area contributed by atoms with Crippen LogP contribution in [0.15, 0.2) is 24.3 Å². The van der Waals surface area contributed by atoms with Gasteiger partial charge in [-0.25, -0.2) is 8.78 Å². The molecule has 0 saturated carbocycles. The maximum absolute atomic E-state index is 13.5. The second-order valence-corrected chi connectivity index (χ2v) is 3.64. The second kappa shape index (κ2) is 5.42. The van der Waals surface area contributed by atoms with Crippen molar-refractivity contribution in [2.24, 2.45) is 0 Å². The van der Waals surface area contributed by atoms with Crippen LogP contribution in [-0.4, -0.2) is 12.7 Å². The van der Waals surface area contributed by atoms with E-state index in [-0.39, 0.29) is 24.3 Å². The minimum atomic E-state index is -0.853. The largest absolute Gasteiger partial charge is 0.308 e. The van der Waals surface area contributed by atoms with E-state index in [9.17, 15) is 8.78 Å². The van der Waals surface area contributed by atoms with Crippen molar-refractivity contribution in [2.45, 2.75) is 25.1 Å². The number of alkyl halides is 1. The van der Waals surface area contributed by atoms with E-state index in [1.165, 1.54) is 12.1 Å². The molecule has 0 spiro atoms. The molecule has 1 heterocycles. The molecule has 1 aromatic carbocycles. The highest BCUT2D eigenvalue weighted by molar-refractivity contribution is 5.85. The van der Waals surface area contributed by atoms with Crippen molar-refractivity contribution < 1.29 is 8.78 Å². The number of hydrogen-bond acceptors (Lipinski definition) is 1. The van der Waals surface area contributed by atoms with Crippen LogP contribution < -0.4 is 5.32 Å². The summed E-state index contributed by atoms with van der Waals surface area (Å²) in [6.07, 6.45) is 0.614.